The van der Waals surface area contributed by atoms with Gasteiger partial charge in [0.1, 0.15) is 5.82 Å². The normalized spacial score (nSPS) is 12.7. The molecule has 1 aromatic carbocycles. The SMILES string of the molecule is O=C(C[C@@H](c1ccc(C(F)(F)F)cc1)c1ncccc1F)c1ccc(=O)n(C(F)F)c1. The van der Waals surface area contributed by atoms with Crippen molar-refractivity contribution in [1.82, 2.24) is 9.55 Å². The van der Waals surface area contributed by atoms with Crippen molar-refractivity contribution in [3.05, 3.63) is 99.5 Å². The predicted molar refractivity (Wildman–Crippen MR) is 98.4 cm³/mol. The Bertz CT molecular complexity index is 1140. The van der Waals surface area contributed by atoms with E-state index in [-0.39, 0.29) is 21.4 Å². The summed E-state index contributed by atoms with van der Waals surface area (Å²) in [6.07, 6.45) is -3.10. The fourth-order valence-corrected chi connectivity index (χ4v) is 3.06. The molecule has 0 spiro atoms. The number of Topliss-reactive ketones (excluding diaryl/α,β-unsaturated/α-hetero) is 1. The van der Waals surface area contributed by atoms with Crippen LogP contribution in [0.25, 0.3) is 0 Å². The topological polar surface area (TPSA) is 52.0 Å². The number of aromatic nitrogens is 2. The van der Waals surface area contributed by atoms with Gasteiger partial charge in [-0.2, -0.15) is 22.0 Å². The lowest BCUT2D eigenvalue weighted by molar-refractivity contribution is -0.137. The van der Waals surface area contributed by atoms with Crippen LogP contribution >= 0.6 is 0 Å². The zero-order chi connectivity index (χ0) is 22.8. The summed E-state index contributed by atoms with van der Waals surface area (Å²) in [6, 6.07) is 8.05. The third kappa shape index (κ3) is 5.01. The van der Waals surface area contributed by atoms with Gasteiger partial charge in [0, 0.05) is 36.4 Å². The van der Waals surface area contributed by atoms with Gasteiger partial charge in [0.15, 0.2) is 5.78 Å². The van der Waals surface area contributed by atoms with E-state index in [2.05, 4.69) is 4.98 Å². The van der Waals surface area contributed by atoms with E-state index in [0.717, 1.165) is 42.5 Å². The second kappa shape index (κ2) is 8.75. The zero-order valence-electron chi connectivity index (χ0n) is 15.6. The molecule has 4 nitrogen and oxygen atoms in total. The monoisotopic (exact) mass is 440 g/mol. The fraction of sp³-hybridized carbons (Fsp3) is 0.190. The number of pyridine rings is 2. The molecule has 0 saturated heterocycles. The van der Waals surface area contributed by atoms with Crippen molar-refractivity contribution < 1.29 is 31.1 Å². The minimum absolute atomic E-state index is 0.0711. The van der Waals surface area contributed by atoms with Crippen LogP contribution in [0, 0.1) is 5.82 Å². The highest BCUT2D eigenvalue weighted by Gasteiger charge is 2.31. The molecule has 162 valence electrons. The van der Waals surface area contributed by atoms with E-state index in [4.69, 9.17) is 0 Å². The third-order valence-electron chi connectivity index (χ3n) is 4.62. The van der Waals surface area contributed by atoms with Crippen LogP contribution in [0.15, 0.2) is 65.7 Å². The number of carbonyl (C=O) groups is 1. The Labute approximate surface area is 171 Å². The summed E-state index contributed by atoms with van der Waals surface area (Å²) in [6.45, 7) is -3.17. The number of halogens is 6. The maximum atomic E-state index is 14.4. The maximum absolute atomic E-state index is 14.4. The number of benzene rings is 1. The Hall–Kier alpha value is -3.43. The van der Waals surface area contributed by atoms with E-state index in [1.54, 1.807) is 0 Å². The predicted octanol–water partition coefficient (Wildman–Crippen LogP) is 5.20. The van der Waals surface area contributed by atoms with Crippen LogP contribution in [0.2, 0.25) is 0 Å². The summed E-state index contributed by atoms with van der Waals surface area (Å²) in [7, 11) is 0. The van der Waals surface area contributed by atoms with Gasteiger partial charge in [-0.15, -0.1) is 0 Å². The second-order valence-corrected chi connectivity index (χ2v) is 6.61. The molecule has 2 aromatic heterocycles. The highest BCUT2D eigenvalue weighted by atomic mass is 19.4. The molecule has 3 aromatic rings. The van der Waals surface area contributed by atoms with E-state index < -0.39 is 47.8 Å². The molecule has 0 amide bonds. The fourth-order valence-electron chi connectivity index (χ4n) is 3.06. The third-order valence-corrected chi connectivity index (χ3v) is 4.62. The molecule has 0 fully saturated rings. The molecular formula is C21H14F6N2O2. The number of alkyl halides is 5. The van der Waals surface area contributed by atoms with Gasteiger partial charge in [-0.3, -0.25) is 19.1 Å². The first-order chi connectivity index (χ1) is 14.6. The Kier molecular flexibility index (Phi) is 6.28. The van der Waals surface area contributed by atoms with Gasteiger partial charge in [0.2, 0.25) is 0 Å². The van der Waals surface area contributed by atoms with Crippen molar-refractivity contribution >= 4 is 5.78 Å². The molecule has 3 rings (SSSR count). The molecule has 0 aliphatic heterocycles. The van der Waals surface area contributed by atoms with E-state index in [1.807, 2.05) is 0 Å². The average molecular weight is 440 g/mol. The van der Waals surface area contributed by atoms with Crippen LogP contribution in [0.4, 0.5) is 26.3 Å². The molecule has 0 bridgehead atoms. The Morgan fingerprint density at radius 3 is 2.29 bits per heavy atom. The number of rotatable bonds is 6. The molecule has 0 radical (unpaired) electrons. The summed E-state index contributed by atoms with van der Waals surface area (Å²) in [5.41, 5.74) is -2.17. The van der Waals surface area contributed by atoms with E-state index in [1.165, 1.54) is 12.3 Å². The minimum atomic E-state index is -4.58. The van der Waals surface area contributed by atoms with Crippen molar-refractivity contribution in [2.24, 2.45) is 0 Å². The lowest BCUT2D eigenvalue weighted by Crippen LogP contribution is -2.21. The number of ketones is 1. The molecule has 31 heavy (non-hydrogen) atoms. The molecule has 0 unspecified atom stereocenters. The first-order valence-corrected chi connectivity index (χ1v) is 8.89. The number of hydrogen-bond acceptors (Lipinski definition) is 3. The van der Waals surface area contributed by atoms with Gasteiger partial charge in [-0.25, -0.2) is 4.39 Å². The largest absolute Gasteiger partial charge is 0.416 e. The Morgan fingerprint density at radius 1 is 1.03 bits per heavy atom. The van der Waals surface area contributed by atoms with Gasteiger partial charge >= 0.3 is 12.7 Å². The Morgan fingerprint density at radius 2 is 1.71 bits per heavy atom. The van der Waals surface area contributed by atoms with Crippen molar-refractivity contribution in [1.29, 1.82) is 0 Å². The summed E-state index contributed by atoms with van der Waals surface area (Å²) >= 11 is 0. The number of hydrogen-bond donors (Lipinski definition) is 0. The average Bonchev–Trinajstić information content (AvgIpc) is 2.72. The molecule has 0 aliphatic carbocycles. The van der Waals surface area contributed by atoms with Crippen LogP contribution in [-0.4, -0.2) is 15.3 Å². The van der Waals surface area contributed by atoms with Crippen LogP contribution in [0.5, 0.6) is 0 Å². The van der Waals surface area contributed by atoms with E-state index in [9.17, 15) is 35.9 Å². The highest BCUT2D eigenvalue weighted by molar-refractivity contribution is 5.96. The number of carbonyl (C=O) groups excluding carboxylic acids is 1. The van der Waals surface area contributed by atoms with E-state index in [0.29, 0.717) is 6.20 Å². The molecule has 0 aliphatic rings. The van der Waals surface area contributed by atoms with Crippen LogP contribution < -0.4 is 5.56 Å². The lowest BCUT2D eigenvalue weighted by atomic mass is 9.88. The zero-order valence-corrected chi connectivity index (χ0v) is 15.6. The van der Waals surface area contributed by atoms with Crippen LogP contribution in [0.1, 0.15) is 46.1 Å². The van der Waals surface area contributed by atoms with Crippen molar-refractivity contribution in [2.75, 3.05) is 0 Å². The molecule has 1 atom stereocenters. The molecule has 0 saturated carbocycles. The standard InChI is InChI=1S/C21H14F6N2O2/c22-16-2-1-9-28-19(16)15(12-3-6-14(7-4-12)21(25,26)27)10-17(30)13-5-8-18(31)29(11-13)20(23)24/h1-9,11,15,20H,10H2/t15-/m0/s1. The van der Waals surface area contributed by atoms with Crippen molar-refractivity contribution in [2.45, 2.75) is 25.1 Å². The summed E-state index contributed by atoms with van der Waals surface area (Å²) in [4.78, 5) is 28.1. The van der Waals surface area contributed by atoms with Crippen LogP contribution in [-0.2, 0) is 6.18 Å². The van der Waals surface area contributed by atoms with E-state index >= 15 is 0 Å². The summed E-state index contributed by atoms with van der Waals surface area (Å²) in [5.74, 6) is -2.58. The molecule has 2 heterocycles. The van der Waals surface area contributed by atoms with Crippen LogP contribution in [0.3, 0.4) is 0 Å². The van der Waals surface area contributed by atoms with Gasteiger partial charge in [0.25, 0.3) is 5.56 Å². The summed E-state index contributed by atoms with van der Waals surface area (Å²) < 4.78 is 78.9. The summed E-state index contributed by atoms with van der Waals surface area (Å²) in [5, 5.41) is 0. The van der Waals surface area contributed by atoms with Gasteiger partial charge < -0.3 is 0 Å². The highest BCUT2D eigenvalue weighted by Crippen LogP contribution is 2.33. The van der Waals surface area contributed by atoms with Crippen molar-refractivity contribution in [3.8, 4) is 0 Å². The van der Waals surface area contributed by atoms with Crippen molar-refractivity contribution in [3.63, 3.8) is 0 Å². The molecule has 10 heteroatoms. The quantitative estimate of drug-likeness (QED) is 0.391. The molecule has 0 N–H and O–H groups in total. The van der Waals surface area contributed by atoms with Gasteiger partial charge in [-0.1, -0.05) is 12.1 Å². The number of nitrogens with zero attached hydrogens (tertiary/aromatic N) is 2. The lowest BCUT2D eigenvalue weighted by Gasteiger charge is -2.18. The second-order valence-electron chi connectivity index (χ2n) is 6.61. The smallest absolute Gasteiger partial charge is 0.294 e. The van der Waals surface area contributed by atoms with Gasteiger partial charge in [0.05, 0.1) is 11.3 Å². The minimum Gasteiger partial charge on any atom is -0.294 e. The Balaban J connectivity index is 2.00. The first kappa shape index (κ1) is 22.3. The first-order valence-electron chi connectivity index (χ1n) is 8.89. The van der Waals surface area contributed by atoms with Gasteiger partial charge in [-0.05, 0) is 35.9 Å². The molecular weight excluding hydrogens is 426 g/mol. The maximum Gasteiger partial charge on any atom is 0.416 e.